The lowest BCUT2D eigenvalue weighted by Gasteiger charge is -2.22. The van der Waals surface area contributed by atoms with Crippen LogP contribution in [0.5, 0.6) is 0 Å². The predicted octanol–water partition coefficient (Wildman–Crippen LogP) is 2.94. The van der Waals surface area contributed by atoms with Crippen LogP contribution in [0.1, 0.15) is 16.7 Å². The Morgan fingerprint density at radius 3 is 1.84 bits per heavy atom. The maximum absolute atomic E-state index is 4.65. The highest BCUT2D eigenvalue weighted by atomic mass is 127. The van der Waals surface area contributed by atoms with Crippen molar-refractivity contribution in [3.05, 3.63) is 34.9 Å². The molecule has 0 bridgehead atoms. The number of aliphatic imine (C=N–C) groups is 1. The standard InChI is InChI=1S/C15H25N3.HI/c1-12-9-13(2)11-14(10-12)7-8-16-15(17(3)4)18(5)6;/h9-11H,7-8H2,1-6H3;1H. The van der Waals surface area contributed by atoms with E-state index in [9.17, 15) is 0 Å². The van der Waals surface area contributed by atoms with E-state index in [4.69, 9.17) is 0 Å². The molecule has 0 N–H and O–H groups in total. The Bertz CT molecular complexity index is 395. The fraction of sp³-hybridized carbons (Fsp3) is 0.533. The van der Waals surface area contributed by atoms with Crippen LogP contribution in [-0.4, -0.2) is 50.5 Å². The molecule has 0 spiro atoms. The summed E-state index contributed by atoms with van der Waals surface area (Å²) in [6.45, 7) is 5.12. The van der Waals surface area contributed by atoms with Gasteiger partial charge in [-0.25, -0.2) is 0 Å². The minimum atomic E-state index is 0. The summed E-state index contributed by atoms with van der Waals surface area (Å²) in [6, 6.07) is 6.69. The van der Waals surface area contributed by atoms with E-state index in [-0.39, 0.29) is 24.0 Å². The average Bonchev–Trinajstić information content (AvgIpc) is 2.21. The van der Waals surface area contributed by atoms with Gasteiger partial charge >= 0.3 is 0 Å². The number of benzene rings is 1. The molecule has 0 aliphatic rings. The predicted molar refractivity (Wildman–Crippen MR) is 94.7 cm³/mol. The minimum absolute atomic E-state index is 0. The second-order valence-electron chi connectivity index (χ2n) is 5.22. The van der Waals surface area contributed by atoms with Crippen LogP contribution >= 0.6 is 24.0 Å². The highest BCUT2D eigenvalue weighted by Gasteiger charge is 2.03. The van der Waals surface area contributed by atoms with Gasteiger partial charge in [0.1, 0.15) is 0 Å². The van der Waals surface area contributed by atoms with Gasteiger partial charge in [-0.1, -0.05) is 29.3 Å². The van der Waals surface area contributed by atoms with Crippen LogP contribution in [0.25, 0.3) is 0 Å². The fourth-order valence-electron chi connectivity index (χ4n) is 2.18. The van der Waals surface area contributed by atoms with Crippen molar-refractivity contribution in [2.75, 3.05) is 34.7 Å². The van der Waals surface area contributed by atoms with Gasteiger partial charge in [-0.05, 0) is 25.8 Å². The zero-order valence-corrected chi connectivity index (χ0v) is 15.2. The summed E-state index contributed by atoms with van der Waals surface area (Å²) < 4.78 is 0. The molecule has 0 amide bonds. The molecule has 0 aliphatic heterocycles. The van der Waals surface area contributed by atoms with Crippen molar-refractivity contribution in [2.45, 2.75) is 20.3 Å². The zero-order valence-electron chi connectivity index (χ0n) is 12.9. The van der Waals surface area contributed by atoms with Crippen molar-refractivity contribution >= 4 is 29.9 Å². The molecule has 1 rings (SSSR count). The monoisotopic (exact) mass is 375 g/mol. The highest BCUT2D eigenvalue weighted by molar-refractivity contribution is 14.0. The third-order valence-electron chi connectivity index (χ3n) is 2.74. The Hall–Kier alpha value is -0.780. The number of guanidine groups is 1. The van der Waals surface area contributed by atoms with Crippen molar-refractivity contribution in [3.63, 3.8) is 0 Å². The minimum Gasteiger partial charge on any atom is -0.349 e. The van der Waals surface area contributed by atoms with Crippen molar-refractivity contribution in [3.8, 4) is 0 Å². The first-order chi connectivity index (χ1) is 8.40. The van der Waals surface area contributed by atoms with Gasteiger partial charge in [-0.15, -0.1) is 24.0 Å². The molecule has 1 aromatic rings. The van der Waals surface area contributed by atoms with Gasteiger partial charge in [0.05, 0.1) is 0 Å². The molecule has 108 valence electrons. The highest BCUT2D eigenvalue weighted by Crippen LogP contribution is 2.09. The molecule has 0 radical (unpaired) electrons. The Balaban J connectivity index is 0.00000324. The molecule has 0 atom stereocenters. The Morgan fingerprint density at radius 2 is 1.42 bits per heavy atom. The number of hydrogen-bond acceptors (Lipinski definition) is 1. The van der Waals surface area contributed by atoms with Crippen LogP contribution in [0, 0.1) is 13.8 Å². The second-order valence-corrected chi connectivity index (χ2v) is 5.22. The van der Waals surface area contributed by atoms with Crippen LogP contribution in [0.3, 0.4) is 0 Å². The Morgan fingerprint density at radius 1 is 0.947 bits per heavy atom. The lowest BCUT2D eigenvalue weighted by molar-refractivity contribution is 0.479. The first-order valence-corrected chi connectivity index (χ1v) is 6.36. The van der Waals surface area contributed by atoms with E-state index in [1.165, 1.54) is 16.7 Å². The number of rotatable bonds is 3. The van der Waals surface area contributed by atoms with E-state index < -0.39 is 0 Å². The molecule has 0 heterocycles. The largest absolute Gasteiger partial charge is 0.349 e. The number of aryl methyl sites for hydroxylation is 2. The second kappa shape index (κ2) is 8.40. The normalized spacial score (nSPS) is 9.58. The van der Waals surface area contributed by atoms with Gasteiger partial charge < -0.3 is 9.80 Å². The third-order valence-corrected chi connectivity index (χ3v) is 2.74. The number of hydrogen-bond donors (Lipinski definition) is 0. The number of halogens is 1. The summed E-state index contributed by atoms with van der Waals surface area (Å²) in [5.74, 6) is 1.01. The molecule has 1 aromatic carbocycles. The summed E-state index contributed by atoms with van der Waals surface area (Å²) in [4.78, 5) is 8.73. The van der Waals surface area contributed by atoms with Crippen LogP contribution in [0.4, 0.5) is 0 Å². The summed E-state index contributed by atoms with van der Waals surface area (Å²) >= 11 is 0. The van der Waals surface area contributed by atoms with Gasteiger partial charge in [0.2, 0.25) is 0 Å². The summed E-state index contributed by atoms with van der Waals surface area (Å²) in [5.41, 5.74) is 4.02. The molecular formula is C15H26IN3. The fourth-order valence-corrected chi connectivity index (χ4v) is 2.18. The van der Waals surface area contributed by atoms with Gasteiger partial charge in [0.15, 0.2) is 5.96 Å². The lowest BCUT2D eigenvalue weighted by atomic mass is 10.1. The Labute approximate surface area is 134 Å². The molecule has 0 saturated carbocycles. The number of nitrogens with zero attached hydrogens (tertiary/aromatic N) is 3. The first-order valence-electron chi connectivity index (χ1n) is 6.36. The van der Waals surface area contributed by atoms with Crippen molar-refractivity contribution < 1.29 is 0 Å². The van der Waals surface area contributed by atoms with Gasteiger partial charge in [0, 0.05) is 34.7 Å². The van der Waals surface area contributed by atoms with Crippen LogP contribution in [0.15, 0.2) is 23.2 Å². The van der Waals surface area contributed by atoms with E-state index in [0.29, 0.717) is 0 Å². The first kappa shape index (κ1) is 18.2. The SMILES string of the molecule is Cc1cc(C)cc(CCN=C(N(C)C)N(C)C)c1.I. The van der Waals surface area contributed by atoms with E-state index >= 15 is 0 Å². The molecule has 3 nitrogen and oxygen atoms in total. The van der Waals surface area contributed by atoms with Crippen molar-refractivity contribution in [2.24, 2.45) is 4.99 Å². The molecular weight excluding hydrogens is 349 g/mol. The van der Waals surface area contributed by atoms with E-state index in [0.717, 1.165) is 18.9 Å². The quantitative estimate of drug-likeness (QED) is 0.460. The van der Waals surface area contributed by atoms with Crippen LogP contribution in [-0.2, 0) is 6.42 Å². The maximum atomic E-state index is 4.65. The maximum Gasteiger partial charge on any atom is 0.195 e. The van der Waals surface area contributed by atoms with Crippen LogP contribution < -0.4 is 0 Å². The van der Waals surface area contributed by atoms with Crippen molar-refractivity contribution in [1.82, 2.24) is 9.80 Å². The van der Waals surface area contributed by atoms with E-state index in [2.05, 4.69) is 37.0 Å². The van der Waals surface area contributed by atoms with Crippen LogP contribution in [0.2, 0.25) is 0 Å². The summed E-state index contributed by atoms with van der Waals surface area (Å²) in [6.07, 6.45) is 0.994. The molecule has 0 saturated heterocycles. The van der Waals surface area contributed by atoms with Crippen molar-refractivity contribution in [1.29, 1.82) is 0 Å². The van der Waals surface area contributed by atoms with Gasteiger partial charge in [-0.2, -0.15) is 0 Å². The van der Waals surface area contributed by atoms with Gasteiger partial charge in [0.25, 0.3) is 0 Å². The third kappa shape index (κ3) is 6.27. The molecule has 0 fully saturated rings. The molecule has 0 aliphatic carbocycles. The summed E-state index contributed by atoms with van der Waals surface area (Å²) in [5, 5.41) is 0. The van der Waals surface area contributed by atoms with E-state index in [1.54, 1.807) is 0 Å². The average molecular weight is 375 g/mol. The molecule has 4 heteroatoms. The molecule has 19 heavy (non-hydrogen) atoms. The Kier molecular flexibility index (Phi) is 8.06. The van der Waals surface area contributed by atoms with E-state index in [1.807, 2.05) is 38.0 Å². The summed E-state index contributed by atoms with van der Waals surface area (Å²) in [7, 11) is 8.09. The lowest BCUT2D eigenvalue weighted by Crippen LogP contribution is -2.35. The molecule has 0 unspecified atom stereocenters. The topological polar surface area (TPSA) is 18.8 Å². The van der Waals surface area contributed by atoms with Gasteiger partial charge in [-0.3, -0.25) is 4.99 Å². The smallest absolute Gasteiger partial charge is 0.195 e. The molecule has 0 aromatic heterocycles. The zero-order chi connectivity index (χ0) is 13.7.